The monoisotopic (exact) mass is 406 g/mol. The van der Waals surface area contributed by atoms with Crippen LogP contribution in [-0.4, -0.2) is 20.4 Å². The predicted molar refractivity (Wildman–Crippen MR) is 98.0 cm³/mol. The molecule has 0 fully saturated rings. The summed E-state index contributed by atoms with van der Waals surface area (Å²) in [5, 5.41) is 3.31. The van der Waals surface area contributed by atoms with E-state index < -0.39 is 45.1 Å². The summed E-state index contributed by atoms with van der Waals surface area (Å²) >= 11 is 0. The van der Waals surface area contributed by atoms with Gasteiger partial charge in [-0.1, -0.05) is 24.3 Å². The van der Waals surface area contributed by atoms with Crippen molar-refractivity contribution in [1.29, 1.82) is 0 Å². The molecule has 0 unspecified atom stereocenters. The van der Waals surface area contributed by atoms with E-state index in [1.807, 2.05) is 0 Å². The molecule has 1 aliphatic heterocycles. The molecule has 1 amide bonds. The molecule has 9 heteroatoms. The molecule has 144 valence electrons. The van der Waals surface area contributed by atoms with Crippen molar-refractivity contribution in [3.05, 3.63) is 66.0 Å². The minimum atomic E-state index is -4.02. The van der Waals surface area contributed by atoms with Crippen molar-refractivity contribution in [2.24, 2.45) is 0 Å². The Hall–Kier alpha value is -3.07. The lowest BCUT2D eigenvalue weighted by atomic mass is 10.1. The molecule has 0 spiro atoms. The van der Waals surface area contributed by atoms with Gasteiger partial charge in [0, 0.05) is 5.39 Å². The minimum Gasteiger partial charge on any atom is -0.322 e. The summed E-state index contributed by atoms with van der Waals surface area (Å²) in [6.45, 7) is 1.33. The van der Waals surface area contributed by atoms with E-state index >= 15 is 0 Å². The number of nitrogens with zero attached hydrogens (tertiary/aromatic N) is 1. The Morgan fingerprint density at radius 3 is 2.39 bits per heavy atom. The quantitative estimate of drug-likeness (QED) is 0.673. The molecule has 1 heterocycles. The average molecular weight is 406 g/mol. The van der Waals surface area contributed by atoms with Crippen molar-refractivity contribution >= 4 is 38.1 Å². The molecule has 0 saturated heterocycles. The largest absolute Gasteiger partial charge is 0.322 e. The first-order chi connectivity index (χ1) is 13.2. The van der Waals surface area contributed by atoms with E-state index in [1.165, 1.54) is 13.0 Å². The topological polar surface area (TPSA) is 66.5 Å². The van der Waals surface area contributed by atoms with Gasteiger partial charge in [0.1, 0.15) is 6.04 Å². The van der Waals surface area contributed by atoms with Gasteiger partial charge >= 0.3 is 0 Å². The SMILES string of the molecule is C[C@@H](C(=O)Nc1ccc(F)c(F)c1F)N1c2cccc3cccc(c23)S1(=O)=O. The van der Waals surface area contributed by atoms with E-state index in [4.69, 9.17) is 0 Å². The summed E-state index contributed by atoms with van der Waals surface area (Å²) in [5.74, 6) is -5.57. The molecule has 0 aliphatic carbocycles. The third-order valence-corrected chi connectivity index (χ3v) is 6.57. The summed E-state index contributed by atoms with van der Waals surface area (Å²) < 4.78 is 67.2. The number of rotatable bonds is 3. The summed E-state index contributed by atoms with van der Waals surface area (Å²) in [5.41, 5.74) is -0.260. The van der Waals surface area contributed by atoms with Gasteiger partial charge in [0.2, 0.25) is 5.91 Å². The van der Waals surface area contributed by atoms with Gasteiger partial charge in [-0.25, -0.2) is 21.6 Å². The lowest BCUT2D eigenvalue weighted by Gasteiger charge is -2.25. The van der Waals surface area contributed by atoms with Gasteiger partial charge in [0.15, 0.2) is 17.5 Å². The molecule has 0 saturated carbocycles. The van der Waals surface area contributed by atoms with Crippen molar-refractivity contribution in [1.82, 2.24) is 0 Å². The van der Waals surface area contributed by atoms with Crippen molar-refractivity contribution in [2.75, 3.05) is 9.62 Å². The molecule has 0 bridgehead atoms. The zero-order valence-electron chi connectivity index (χ0n) is 14.4. The van der Waals surface area contributed by atoms with Gasteiger partial charge < -0.3 is 5.32 Å². The second-order valence-electron chi connectivity index (χ2n) is 6.32. The van der Waals surface area contributed by atoms with Crippen LogP contribution in [0.1, 0.15) is 6.92 Å². The van der Waals surface area contributed by atoms with E-state index in [-0.39, 0.29) is 4.90 Å². The Balaban J connectivity index is 1.73. The molecule has 1 N–H and O–H groups in total. The number of benzene rings is 3. The molecule has 1 atom stereocenters. The van der Waals surface area contributed by atoms with E-state index in [2.05, 4.69) is 5.32 Å². The molecule has 3 aromatic rings. The highest BCUT2D eigenvalue weighted by Crippen LogP contribution is 2.43. The molecule has 5 nitrogen and oxygen atoms in total. The molecular weight excluding hydrogens is 393 g/mol. The van der Waals surface area contributed by atoms with Crippen LogP contribution in [0.2, 0.25) is 0 Å². The van der Waals surface area contributed by atoms with Gasteiger partial charge in [0.05, 0.1) is 16.3 Å². The van der Waals surface area contributed by atoms with Crippen molar-refractivity contribution in [2.45, 2.75) is 17.9 Å². The van der Waals surface area contributed by atoms with Gasteiger partial charge in [-0.05, 0) is 36.6 Å². The smallest absolute Gasteiger partial charge is 0.265 e. The zero-order valence-corrected chi connectivity index (χ0v) is 15.2. The lowest BCUT2D eigenvalue weighted by Crippen LogP contribution is -2.44. The van der Waals surface area contributed by atoms with Crippen LogP contribution in [0.5, 0.6) is 0 Å². The van der Waals surface area contributed by atoms with E-state index in [9.17, 15) is 26.4 Å². The lowest BCUT2D eigenvalue weighted by molar-refractivity contribution is -0.116. The van der Waals surface area contributed by atoms with Crippen LogP contribution in [0.15, 0.2) is 53.4 Å². The minimum absolute atomic E-state index is 0.0688. The first-order valence-corrected chi connectivity index (χ1v) is 9.68. The fourth-order valence-electron chi connectivity index (χ4n) is 3.30. The fourth-order valence-corrected chi connectivity index (χ4v) is 5.17. The maximum absolute atomic E-state index is 13.9. The van der Waals surface area contributed by atoms with Crippen LogP contribution < -0.4 is 9.62 Å². The van der Waals surface area contributed by atoms with E-state index in [0.29, 0.717) is 22.5 Å². The van der Waals surface area contributed by atoms with Crippen molar-refractivity contribution in [3.8, 4) is 0 Å². The first kappa shape index (κ1) is 18.3. The predicted octanol–water partition coefficient (Wildman–Crippen LogP) is 3.79. The summed E-state index contributed by atoms with van der Waals surface area (Å²) in [6.07, 6.45) is 0. The first-order valence-electron chi connectivity index (χ1n) is 8.24. The Morgan fingerprint density at radius 1 is 1.00 bits per heavy atom. The number of halogens is 3. The van der Waals surface area contributed by atoms with Crippen LogP contribution in [0.25, 0.3) is 10.8 Å². The standard InChI is InChI=1S/C19H13F3N2O3S/c1-10(19(25)23-13-9-8-12(20)17(21)18(13)22)24-14-6-2-4-11-5-3-7-15(16(11)14)28(24,26)27/h2-10H,1H3,(H,23,25)/t10-/m0/s1. The third kappa shape index (κ3) is 2.54. The van der Waals surface area contributed by atoms with E-state index in [0.717, 1.165) is 10.4 Å². The maximum Gasteiger partial charge on any atom is 0.265 e. The van der Waals surface area contributed by atoms with Crippen LogP contribution in [0.3, 0.4) is 0 Å². The number of hydrogen-bond donors (Lipinski definition) is 1. The maximum atomic E-state index is 13.9. The van der Waals surface area contributed by atoms with Gasteiger partial charge in [-0.2, -0.15) is 0 Å². The van der Waals surface area contributed by atoms with Gasteiger partial charge in [-0.3, -0.25) is 9.10 Å². The Morgan fingerprint density at radius 2 is 1.68 bits per heavy atom. The van der Waals surface area contributed by atoms with Crippen LogP contribution >= 0.6 is 0 Å². The summed E-state index contributed by atoms with van der Waals surface area (Å²) in [6, 6.07) is 10.0. The normalized spacial score (nSPS) is 15.6. The number of sulfonamides is 1. The molecule has 4 rings (SSSR count). The summed E-state index contributed by atoms with van der Waals surface area (Å²) in [7, 11) is -4.02. The van der Waals surface area contributed by atoms with Crippen LogP contribution in [-0.2, 0) is 14.8 Å². The highest BCUT2D eigenvalue weighted by molar-refractivity contribution is 7.93. The number of carbonyl (C=O) groups excluding carboxylic acids is 1. The van der Waals surface area contributed by atoms with Crippen molar-refractivity contribution < 1.29 is 26.4 Å². The van der Waals surface area contributed by atoms with Gasteiger partial charge in [0.25, 0.3) is 10.0 Å². The summed E-state index contributed by atoms with van der Waals surface area (Å²) in [4.78, 5) is 12.7. The second-order valence-corrected chi connectivity index (χ2v) is 8.10. The Labute approximate surface area is 158 Å². The number of carbonyl (C=O) groups is 1. The number of anilines is 2. The fraction of sp³-hybridized carbons (Fsp3) is 0.105. The molecule has 28 heavy (non-hydrogen) atoms. The van der Waals surface area contributed by atoms with Crippen LogP contribution in [0, 0.1) is 17.5 Å². The van der Waals surface area contributed by atoms with Gasteiger partial charge in [-0.15, -0.1) is 0 Å². The molecule has 0 aromatic heterocycles. The highest BCUT2D eigenvalue weighted by Gasteiger charge is 2.41. The average Bonchev–Trinajstić information content (AvgIpc) is 2.90. The highest BCUT2D eigenvalue weighted by atomic mass is 32.2. The second kappa shape index (κ2) is 6.23. The number of hydrogen-bond acceptors (Lipinski definition) is 3. The Kier molecular flexibility index (Phi) is 4.07. The third-order valence-electron chi connectivity index (χ3n) is 4.64. The molecular formula is C19H13F3N2O3S. The van der Waals surface area contributed by atoms with Crippen LogP contribution in [0.4, 0.5) is 24.5 Å². The molecule has 3 aromatic carbocycles. The van der Waals surface area contributed by atoms with E-state index in [1.54, 1.807) is 30.3 Å². The zero-order chi connectivity index (χ0) is 20.2. The number of amides is 1. The molecule has 0 radical (unpaired) electrons. The van der Waals surface area contributed by atoms with Crippen molar-refractivity contribution in [3.63, 3.8) is 0 Å². The molecule has 1 aliphatic rings. The Bertz CT molecular complexity index is 1240. The number of nitrogens with one attached hydrogen (secondary N) is 1.